The third-order valence-corrected chi connectivity index (χ3v) is 5.62. The minimum atomic E-state index is -0.913. The number of aliphatic hydroxyl groups excluding tert-OH is 1. The van der Waals surface area contributed by atoms with E-state index < -0.39 is 11.1 Å². The topological polar surface area (TPSA) is 59.3 Å². The summed E-state index contributed by atoms with van der Waals surface area (Å²) >= 11 is 0. The van der Waals surface area contributed by atoms with E-state index in [2.05, 4.69) is 0 Å². The second-order valence-electron chi connectivity index (χ2n) is 8.36. The van der Waals surface area contributed by atoms with Crippen LogP contribution in [0, 0.1) is 0 Å². The maximum absolute atomic E-state index is 14.0. The Balaban J connectivity index is 2.12. The van der Waals surface area contributed by atoms with Gasteiger partial charge in [-0.05, 0) is 31.0 Å². The highest BCUT2D eigenvalue weighted by atomic mass is 16.3. The average Bonchev–Trinajstić information content (AvgIpc) is 2.84. The molecule has 0 fully saturated rings. The Kier molecular flexibility index (Phi) is 5.89. The first-order valence-corrected chi connectivity index (χ1v) is 10.6. The van der Waals surface area contributed by atoms with E-state index in [-0.39, 0.29) is 18.0 Å². The minimum Gasteiger partial charge on any atom is -0.394 e. The summed E-state index contributed by atoms with van der Waals surface area (Å²) in [5.41, 5.74) is 2.07. The van der Waals surface area contributed by atoms with Crippen LogP contribution in [-0.2, 0) is 5.54 Å². The normalized spacial score (nSPS) is 11.3. The van der Waals surface area contributed by atoms with Gasteiger partial charge in [-0.3, -0.25) is 14.2 Å². The van der Waals surface area contributed by atoms with Gasteiger partial charge < -0.3 is 5.11 Å². The lowest BCUT2D eigenvalue weighted by Crippen LogP contribution is -2.42. The molecule has 4 nitrogen and oxygen atoms in total. The number of ketones is 1. The molecule has 0 radical (unpaired) electrons. The van der Waals surface area contributed by atoms with Gasteiger partial charge in [0.05, 0.1) is 23.4 Å². The molecule has 0 saturated carbocycles. The van der Waals surface area contributed by atoms with Crippen molar-refractivity contribution in [2.24, 2.45) is 0 Å². The highest BCUT2D eigenvalue weighted by Gasteiger charge is 2.30. The van der Waals surface area contributed by atoms with Gasteiger partial charge in [0.25, 0.3) is 5.56 Å². The molecule has 0 aliphatic carbocycles. The fourth-order valence-electron chi connectivity index (χ4n) is 3.90. The first-order chi connectivity index (χ1) is 15.4. The monoisotopic (exact) mass is 423 g/mol. The lowest BCUT2D eigenvalue weighted by Gasteiger charge is -2.30. The van der Waals surface area contributed by atoms with Gasteiger partial charge in [-0.25, -0.2) is 0 Å². The number of benzene rings is 3. The summed E-state index contributed by atoms with van der Waals surface area (Å²) in [5, 5.41) is 10.1. The van der Waals surface area contributed by atoms with Crippen LogP contribution in [0.1, 0.15) is 29.8 Å². The van der Waals surface area contributed by atoms with Crippen LogP contribution in [0.3, 0.4) is 0 Å². The number of hydrogen-bond donors (Lipinski definition) is 1. The molecule has 4 rings (SSSR count). The molecule has 0 aliphatic rings. The van der Waals surface area contributed by atoms with Crippen molar-refractivity contribution in [2.45, 2.75) is 19.4 Å². The number of aromatic nitrogens is 1. The zero-order chi connectivity index (χ0) is 22.7. The van der Waals surface area contributed by atoms with Gasteiger partial charge in [0.1, 0.15) is 0 Å². The quantitative estimate of drug-likeness (QED) is 0.437. The summed E-state index contributed by atoms with van der Waals surface area (Å²) < 4.78 is 1.55. The van der Waals surface area contributed by atoms with Crippen molar-refractivity contribution in [3.63, 3.8) is 0 Å². The summed E-state index contributed by atoms with van der Waals surface area (Å²) in [6.07, 6.45) is 0. The molecule has 0 atom stereocenters. The number of hydrogen-bond acceptors (Lipinski definition) is 3. The molecule has 4 heteroatoms. The van der Waals surface area contributed by atoms with E-state index in [1.165, 1.54) is 0 Å². The first-order valence-electron chi connectivity index (χ1n) is 10.6. The van der Waals surface area contributed by atoms with Crippen molar-refractivity contribution < 1.29 is 9.90 Å². The SMILES string of the molecule is CC(C)(CO)n1c(-c2ccccc2)cc(-c2ccccc2)c(C(=O)c2ccccc2)c1=O. The van der Waals surface area contributed by atoms with Gasteiger partial charge in [-0.2, -0.15) is 0 Å². The van der Waals surface area contributed by atoms with Gasteiger partial charge in [-0.15, -0.1) is 0 Å². The molecule has 1 aromatic heterocycles. The Hall–Kier alpha value is -3.76. The Morgan fingerprint density at radius 3 is 1.84 bits per heavy atom. The van der Waals surface area contributed by atoms with Gasteiger partial charge in [0, 0.05) is 11.1 Å². The third kappa shape index (κ3) is 3.93. The van der Waals surface area contributed by atoms with Gasteiger partial charge in [0.15, 0.2) is 5.78 Å². The van der Waals surface area contributed by atoms with Crippen LogP contribution < -0.4 is 5.56 Å². The van der Waals surface area contributed by atoms with Crippen LogP contribution in [0.15, 0.2) is 102 Å². The summed E-state index contributed by atoms with van der Waals surface area (Å²) in [5.74, 6) is -0.337. The van der Waals surface area contributed by atoms with Crippen molar-refractivity contribution in [3.8, 4) is 22.4 Å². The molecular weight excluding hydrogens is 398 g/mol. The van der Waals surface area contributed by atoms with E-state index in [0.29, 0.717) is 16.8 Å². The fourth-order valence-corrected chi connectivity index (χ4v) is 3.90. The maximum atomic E-state index is 14.0. The lowest BCUT2D eigenvalue weighted by atomic mass is 9.91. The van der Waals surface area contributed by atoms with Crippen molar-refractivity contribution in [2.75, 3.05) is 6.61 Å². The molecule has 3 aromatic carbocycles. The predicted molar refractivity (Wildman–Crippen MR) is 128 cm³/mol. The summed E-state index contributed by atoms with van der Waals surface area (Å²) in [7, 11) is 0. The van der Waals surface area contributed by atoms with Crippen LogP contribution >= 0.6 is 0 Å². The smallest absolute Gasteiger partial charge is 0.263 e. The van der Waals surface area contributed by atoms with Crippen molar-refractivity contribution in [1.82, 2.24) is 4.57 Å². The molecule has 0 aliphatic heterocycles. The van der Waals surface area contributed by atoms with Gasteiger partial charge in [0.2, 0.25) is 0 Å². The molecule has 0 amide bonds. The van der Waals surface area contributed by atoms with E-state index in [0.717, 1.165) is 11.1 Å². The average molecular weight is 424 g/mol. The van der Waals surface area contributed by atoms with Crippen LogP contribution in [0.4, 0.5) is 0 Å². The van der Waals surface area contributed by atoms with Crippen LogP contribution in [0.2, 0.25) is 0 Å². The van der Waals surface area contributed by atoms with Crippen LogP contribution in [-0.4, -0.2) is 22.1 Å². The molecule has 1 heterocycles. The van der Waals surface area contributed by atoms with Crippen LogP contribution in [0.5, 0.6) is 0 Å². The van der Waals surface area contributed by atoms with E-state index in [1.807, 2.05) is 72.8 Å². The van der Waals surface area contributed by atoms with E-state index in [9.17, 15) is 14.7 Å². The highest BCUT2D eigenvalue weighted by Crippen LogP contribution is 2.32. The second-order valence-corrected chi connectivity index (χ2v) is 8.36. The van der Waals surface area contributed by atoms with E-state index in [1.54, 1.807) is 42.7 Å². The number of aliphatic hydroxyl groups is 1. The standard InChI is InChI=1S/C28H25NO3/c1-28(2,19-30)29-24(21-14-8-4-9-15-21)18-23(20-12-6-3-7-13-20)25(27(29)32)26(31)22-16-10-5-11-17-22/h3-18,30H,19H2,1-2H3. The Morgan fingerprint density at radius 1 is 0.812 bits per heavy atom. The summed E-state index contributed by atoms with van der Waals surface area (Å²) in [6, 6.07) is 29.7. The van der Waals surface area contributed by atoms with E-state index >= 15 is 0 Å². The molecule has 4 aromatic rings. The molecule has 0 spiro atoms. The lowest BCUT2D eigenvalue weighted by molar-refractivity contribution is 0.103. The van der Waals surface area contributed by atoms with Gasteiger partial charge in [-0.1, -0.05) is 91.0 Å². The summed E-state index contributed by atoms with van der Waals surface area (Å²) in [6.45, 7) is 3.33. The number of pyridine rings is 1. The minimum absolute atomic E-state index is 0.101. The highest BCUT2D eigenvalue weighted by molar-refractivity contribution is 6.12. The van der Waals surface area contributed by atoms with Crippen molar-refractivity contribution in [3.05, 3.63) is 119 Å². The van der Waals surface area contributed by atoms with E-state index in [4.69, 9.17) is 0 Å². The molecule has 0 unspecified atom stereocenters. The van der Waals surface area contributed by atoms with Gasteiger partial charge >= 0.3 is 0 Å². The van der Waals surface area contributed by atoms with Crippen LogP contribution in [0.25, 0.3) is 22.4 Å². The third-order valence-electron chi connectivity index (χ3n) is 5.62. The zero-order valence-electron chi connectivity index (χ0n) is 18.2. The second kappa shape index (κ2) is 8.77. The van der Waals surface area contributed by atoms with Crippen molar-refractivity contribution >= 4 is 5.78 Å². The molecular formula is C28H25NO3. The van der Waals surface area contributed by atoms with Crippen molar-refractivity contribution in [1.29, 1.82) is 0 Å². The molecule has 160 valence electrons. The Morgan fingerprint density at radius 2 is 1.31 bits per heavy atom. The molecule has 1 N–H and O–H groups in total. The summed E-state index contributed by atoms with van der Waals surface area (Å²) in [4.78, 5) is 27.6. The number of carbonyl (C=O) groups is 1. The largest absolute Gasteiger partial charge is 0.394 e. The number of rotatable bonds is 6. The Labute approximate surface area is 187 Å². The fraction of sp³-hybridized carbons (Fsp3) is 0.143. The molecule has 0 saturated heterocycles. The Bertz CT molecular complexity index is 1290. The molecule has 32 heavy (non-hydrogen) atoms. The zero-order valence-corrected chi connectivity index (χ0v) is 18.2. The molecule has 0 bridgehead atoms. The number of nitrogens with zero attached hydrogens (tertiary/aromatic N) is 1. The first kappa shape index (κ1) is 21.5. The number of carbonyl (C=O) groups excluding carboxylic acids is 1. The maximum Gasteiger partial charge on any atom is 0.263 e. The predicted octanol–water partition coefficient (Wildman–Crippen LogP) is 5.14.